The Balaban J connectivity index is 1.78. The topological polar surface area (TPSA) is 35.5 Å². The summed E-state index contributed by atoms with van der Waals surface area (Å²) in [4.78, 5) is 0. The van der Waals surface area contributed by atoms with Gasteiger partial charge in [0.25, 0.3) is 0 Å². The lowest BCUT2D eigenvalue weighted by atomic mass is 9.98. The van der Waals surface area contributed by atoms with Crippen molar-refractivity contribution in [1.82, 2.24) is 0 Å². The van der Waals surface area contributed by atoms with Gasteiger partial charge < -0.3 is 9.05 Å². The fourth-order valence-electron chi connectivity index (χ4n) is 2.91. The molecule has 0 saturated heterocycles. The maximum atomic E-state index is 12.3. The van der Waals surface area contributed by atoms with E-state index in [-0.39, 0.29) is 12.2 Å². The molecule has 2 saturated carbocycles. The quantitative estimate of drug-likeness (QED) is 0.698. The van der Waals surface area contributed by atoms with Crippen LogP contribution in [0, 0.1) is 0 Å². The van der Waals surface area contributed by atoms with E-state index in [4.69, 9.17) is 9.05 Å². The van der Waals surface area contributed by atoms with Crippen LogP contribution in [0.4, 0.5) is 0 Å². The predicted octanol–water partition coefficient (Wildman–Crippen LogP) is 4.51. The average molecular weight is 260 g/mol. The Bertz CT molecular complexity index is 244. The van der Waals surface area contributed by atoms with Gasteiger partial charge in [-0.15, -0.1) is 0 Å². The van der Waals surface area contributed by atoms with E-state index in [1.165, 1.54) is 38.5 Å². The first kappa shape index (κ1) is 13.6. The van der Waals surface area contributed by atoms with E-state index in [0.29, 0.717) is 0 Å². The van der Waals surface area contributed by atoms with Gasteiger partial charge in [-0.25, -0.2) is 0 Å². The summed E-state index contributed by atoms with van der Waals surface area (Å²) in [5, 5.41) is 0. The Hall–Kier alpha value is 0.150. The van der Waals surface area contributed by atoms with Crippen LogP contribution in [0.3, 0.4) is 0 Å². The normalized spacial score (nSPS) is 25.0. The van der Waals surface area contributed by atoms with Crippen molar-refractivity contribution in [3.05, 3.63) is 0 Å². The van der Waals surface area contributed by atoms with Crippen LogP contribution in [0.15, 0.2) is 0 Å². The lowest BCUT2D eigenvalue weighted by Gasteiger charge is -2.29. The lowest BCUT2D eigenvalue weighted by molar-refractivity contribution is 0.0818. The van der Waals surface area contributed by atoms with Crippen molar-refractivity contribution in [1.29, 1.82) is 0 Å². The predicted molar refractivity (Wildman–Crippen MR) is 69.4 cm³/mol. The maximum absolute atomic E-state index is 12.3. The van der Waals surface area contributed by atoms with Gasteiger partial charge in [-0.1, -0.05) is 38.5 Å². The van der Waals surface area contributed by atoms with Crippen molar-refractivity contribution < 1.29 is 13.6 Å². The van der Waals surface area contributed by atoms with Gasteiger partial charge in [-0.2, -0.15) is 0 Å². The molecule has 17 heavy (non-hydrogen) atoms. The van der Waals surface area contributed by atoms with Gasteiger partial charge in [-0.3, -0.25) is 4.57 Å². The Morgan fingerprint density at radius 3 is 1.47 bits per heavy atom. The van der Waals surface area contributed by atoms with Crippen LogP contribution in [0.5, 0.6) is 0 Å². The van der Waals surface area contributed by atoms with Crippen LogP contribution < -0.4 is 0 Å². The molecule has 0 aromatic carbocycles. The summed E-state index contributed by atoms with van der Waals surface area (Å²) >= 11 is 0. The molecular formula is C13H25O3P. The van der Waals surface area contributed by atoms with Crippen molar-refractivity contribution in [3.8, 4) is 0 Å². The minimum Gasteiger partial charge on any atom is -0.305 e. The van der Waals surface area contributed by atoms with Crippen molar-refractivity contribution >= 4 is 7.60 Å². The Labute approximate surface area is 105 Å². The second-order valence-electron chi connectivity index (χ2n) is 5.50. The van der Waals surface area contributed by atoms with Crippen LogP contribution in [0.25, 0.3) is 0 Å². The van der Waals surface area contributed by atoms with Gasteiger partial charge in [0.05, 0.1) is 12.2 Å². The van der Waals surface area contributed by atoms with Crippen molar-refractivity contribution in [2.75, 3.05) is 6.66 Å². The van der Waals surface area contributed by atoms with Gasteiger partial charge in [0.2, 0.25) is 0 Å². The largest absolute Gasteiger partial charge is 0.328 e. The summed E-state index contributed by atoms with van der Waals surface area (Å²) in [5.74, 6) is 0. The van der Waals surface area contributed by atoms with Crippen LogP contribution in [-0.4, -0.2) is 18.9 Å². The van der Waals surface area contributed by atoms with Crippen LogP contribution in [0.2, 0.25) is 0 Å². The Kier molecular flexibility index (Phi) is 5.08. The third-order valence-electron chi connectivity index (χ3n) is 3.79. The van der Waals surface area contributed by atoms with E-state index >= 15 is 0 Å². The molecule has 100 valence electrons. The fourth-order valence-corrected chi connectivity index (χ4v) is 4.46. The molecular weight excluding hydrogens is 235 g/mol. The first-order valence-electron chi connectivity index (χ1n) is 7.10. The third kappa shape index (κ3) is 4.73. The Morgan fingerprint density at radius 1 is 0.765 bits per heavy atom. The standard InChI is InChI=1S/C13H25O3P/c1-17(14,15-12-8-4-2-5-9-12)16-13-10-6-3-7-11-13/h12-13H,2-11H2,1H3. The van der Waals surface area contributed by atoms with Crippen LogP contribution in [-0.2, 0) is 13.6 Å². The smallest absolute Gasteiger partial charge is 0.305 e. The molecule has 2 aliphatic rings. The van der Waals surface area contributed by atoms with E-state index in [9.17, 15) is 4.57 Å². The third-order valence-corrected chi connectivity index (χ3v) is 5.15. The molecule has 0 bridgehead atoms. The van der Waals surface area contributed by atoms with E-state index < -0.39 is 7.60 Å². The van der Waals surface area contributed by atoms with Crippen LogP contribution in [0.1, 0.15) is 64.2 Å². The highest BCUT2D eigenvalue weighted by atomic mass is 31.2. The molecule has 0 amide bonds. The number of hydrogen-bond donors (Lipinski definition) is 0. The molecule has 2 aliphatic carbocycles. The van der Waals surface area contributed by atoms with Gasteiger partial charge in [0.1, 0.15) is 0 Å². The van der Waals surface area contributed by atoms with Crippen molar-refractivity contribution in [3.63, 3.8) is 0 Å². The zero-order chi connectivity index (χ0) is 12.1. The summed E-state index contributed by atoms with van der Waals surface area (Å²) in [6.07, 6.45) is 11.9. The molecule has 0 spiro atoms. The molecule has 0 aromatic heterocycles. The lowest BCUT2D eigenvalue weighted by Crippen LogP contribution is -2.19. The van der Waals surface area contributed by atoms with E-state index in [1.54, 1.807) is 6.66 Å². The number of hydrogen-bond acceptors (Lipinski definition) is 3. The van der Waals surface area contributed by atoms with Crippen molar-refractivity contribution in [2.24, 2.45) is 0 Å². The molecule has 0 aliphatic heterocycles. The molecule has 0 unspecified atom stereocenters. The molecule has 0 heterocycles. The average Bonchev–Trinajstić information content (AvgIpc) is 2.30. The highest BCUT2D eigenvalue weighted by Crippen LogP contribution is 2.49. The Morgan fingerprint density at radius 2 is 1.12 bits per heavy atom. The SMILES string of the molecule is CP(=O)(OC1CCCCC1)OC1CCCCC1. The minimum atomic E-state index is -2.83. The molecule has 0 radical (unpaired) electrons. The second-order valence-corrected chi connectivity index (χ2v) is 7.47. The zero-order valence-electron chi connectivity index (χ0n) is 10.9. The highest BCUT2D eigenvalue weighted by Gasteiger charge is 2.28. The summed E-state index contributed by atoms with van der Waals surface area (Å²) in [7, 11) is -2.83. The van der Waals surface area contributed by atoms with Gasteiger partial charge in [0.15, 0.2) is 0 Å². The zero-order valence-corrected chi connectivity index (χ0v) is 11.8. The monoisotopic (exact) mass is 260 g/mol. The first-order valence-corrected chi connectivity index (χ1v) is 9.09. The van der Waals surface area contributed by atoms with E-state index in [2.05, 4.69) is 0 Å². The number of rotatable bonds is 4. The summed E-state index contributed by atoms with van der Waals surface area (Å²) in [6.45, 7) is 1.65. The fraction of sp³-hybridized carbons (Fsp3) is 1.00. The van der Waals surface area contributed by atoms with E-state index in [0.717, 1.165) is 25.7 Å². The first-order chi connectivity index (χ1) is 8.16. The molecule has 3 nitrogen and oxygen atoms in total. The highest BCUT2D eigenvalue weighted by molar-refractivity contribution is 7.53. The second kappa shape index (κ2) is 6.36. The molecule has 0 N–H and O–H groups in total. The summed E-state index contributed by atoms with van der Waals surface area (Å²) < 4.78 is 23.7. The minimum absolute atomic E-state index is 0.170. The molecule has 4 heteroatoms. The van der Waals surface area contributed by atoms with E-state index in [1.807, 2.05) is 0 Å². The summed E-state index contributed by atoms with van der Waals surface area (Å²) in [5.41, 5.74) is 0. The van der Waals surface area contributed by atoms with Gasteiger partial charge in [0, 0.05) is 6.66 Å². The molecule has 2 fully saturated rings. The van der Waals surface area contributed by atoms with Gasteiger partial charge >= 0.3 is 7.60 Å². The maximum Gasteiger partial charge on any atom is 0.328 e. The van der Waals surface area contributed by atoms with Crippen molar-refractivity contribution in [2.45, 2.75) is 76.4 Å². The summed E-state index contributed by atoms with van der Waals surface area (Å²) in [6, 6.07) is 0. The molecule has 0 aromatic rings. The molecule has 2 rings (SSSR count). The van der Waals surface area contributed by atoms with Crippen LogP contribution >= 0.6 is 7.60 Å². The molecule has 0 atom stereocenters. The van der Waals surface area contributed by atoms with Gasteiger partial charge in [-0.05, 0) is 25.7 Å².